The van der Waals surface area contributed by atoms with Crippen LogP contribution in [0.5, 0.6) is 0 Å². The quantitative estimate of drug-likeness (QED) is 0.833. The van der Waals surface area contributed by atoms with Crippen molar-refractivity contribution in [2.24, 2.45) is 0 Å². The number of rotatable bonds is 1. The summed E-state index contributed by atoms with van der Waals surface area (Å²) in [5.41, 5.74) is 0.880. The molecule has 92 valence electrons. The molecule has 1 aromatic rings. The maximum atomic E-state index is 12.3. The van der Waals surface area contributed by atoms with Gasteiger partial charge in [0, 0.05) is 16.8 Å². The Morgan fingerprint density at radius 1 is 1.41 bits per heavy atom. The molecule has 0 bridgehead atoms. The van der Waals surface area contributed by atoms with Gasteiger partial charge in [0.15, 0.2) is 0 Å². The Labute approximate surface area is 107 Å². The van der Waals surface area contributed by atoms with Gasteiger partial charge in [0.25, 0.3) is 0 Å². The van der Waals surface area contributed by atoms with Crippen LogP contribution in [0.4, 0.5) is 5.69 Å². The molecule has 1 aliphatic heterocycles. The number of carbonyl (C=O) groups excluding carboxylic acids is 1. The van der Waals surface area contributed by atoms with Crippen molar-refractivity contribution in [1.29, 1.82) is 0 Å². The topological polar surface area (TPSA) is 32.3 Å². The Morgan fingerprint density at radius 2 is 2.18 bits per heavy atom. The lowest BCUT2D eigenvalue weighted by Crippen LogP contribution is -2.44. The summed E-state index contributed by atoms with van der Waals surface area (Å²) in [7, 11) is 0. The predicted octanol–water partition coefficient (Wildman–Crippen LogP) is 2.44. The van der Waals surface area contributed by atoms with Gasteiger partial charge in [-0.1, -0.05) is 17.7 Å². The molecule has 3 nitrogen and oxygen atoms in total. The summed E-state index contributed by atoms with van der Waals surface area (Å²) in [5, 5.41) is 3.87. The minimum absolute atomic E-state index is 0.109. The van der Waals surface area contributed by atoms with Gasteiger partial charge in [-0.15, -0.1) is 0 Å². The zero-order valence-electron chi connectivity index (χ0n) is 10.1. The molecular weight excluding hydrogens is 236 g/mol. The van der Waals surface area contributed by atoms with E-state index in [0.717, 1.165) is 18.7 Å². The number of amides is 1. The highest BCUT2D eigenvalue weighted by atomic mass is 35.5. The van der Waals surface area contributed by atoms with E-state index in [9.17, 15) is 4.79 Å². The third kappa shape index (κ3) is 2.61. The summed E-state index contributed by atoms with van der Waals surface area (Å²) in [6, 6.07) is 7.52. The van der Waals surface area contributed by atoms with Gasteiger partial charge in [-0.05, 0) is 45.0 Å². The average molecular weight is 253 g/mol. The number of benzene rings is 1. The molecule has 1 aliphatic rings. The SMILES string of the molecule is CC1NCCC(C)N(c2cccc(Cl)c2)C1=O. The van der Waals surface area contributed by atoms with E-state index in [1.807, 2.05) is 36.1 Å². The van der Waals surface area contributed by atoms with Crippen LogP contribution in [-0.4, -0.2) is 24.5 Å². The van der Waals surface area contributed by atoms with Crippen molar-refractivity contribution in [3.63, 3.8) is 0 Å². The fourth-order valence-corrected chi connectivity index (χ4v) is 2.34. The lowest BCUT2D eigenvalue weighted by atomic mass is 10.1. The second-order valence-electron chi connectivity index (χ2n) is 4.50. The lowest BCUT2D eigenvalue weighted by Gasteiger charge is -2.28. The Kier molecular flexibility index (Phi) is 3.69. The van der Waals surface area contributed by atoms with Crippen LogP contribution in [0.3, 0.4) is 0 Å². The molecule has 1 heterocycles. The maximum absolute atomic E-state index is 12.3. The van der Waals surface area contributed by atoms with Crippen molar-refractivity contribution in [1.82, 2.24) is 5.32 Å². The van der Waals surface area contributed by atoms with Gasteiger partial charge in [0.1, 0.15) is 0 Å². The van der Waals surface area contributed by atoms with Crippen LogP contribution < -0.4 is 10.2 Å². The summed E-state index contributed by atoms with van der Waals surface area (Å²) in [6.45, 7) is 4.83. The normalized spacial score (nSPS) is 25.8. The monoisotopic (exact) mass is 252 g/mol. The summed E-state index contributed by atoms with van der Waals surface area (Å²) < 4.78 is 0. The predicted molar refractivity (Wildman–Crippen MR) is 70.5 cm³/mol. The number of hydrogen-bond acceptors (Lipinski definition) is 2. The fraction of sp³-hybridized carbons (Fsp3) is 0.462. The zero-order valence-corrected chi connectivity index (χ0v) is 10.9. The van der Waals surface area contributed by atoms with Gasteiger partial charge in [0.2, 0.25) is 5.91 Å². The van der Waals surface area contributed by atoms with Crippen molar-refractivity contribution in [2.45, 2.75) is 32.4 Å². The zero-order chi connectivity index (χ0) is 12.4. The molecule has 1 saturated heterocycles. The largest absolute Gasteiger partial charge is 0.308 e. The standard InChI is InChI=1S/C13H17ClN2O/c1-9-6-7-15-10(2)13(17)16(9)12-5-3-4-11(14)8-12/h3-5,8-10,15H,6-7H2,1-2H3. The second-order valence-corrected chi connectivity index (χ2v) is 4.94. The minimum Gasteiger partial charge on any atom is -0.308 e. The van der Waals surface area contributed by atoms with Crippen LogP contribution in [0.25, 0.3) is 0 Å². The molecule has 1 amide bonds. The summed E-state index contributed by atoms with van der Waals surface area (Å²) in [4.78, 5) is 14.1. The van der Waals surface area contributed by atoms with Gasteiger partial charge in [-0.2, -0.15) is 0 Å². The van der Waals surface area contributed by atoms with Crippen LogP contribution in [0, 0.1) is 0 Å². The number of anilines is 1. The molecule has 2 rings (SSSR count). The molecule has 1 fully saturated rings. The molecule has 0 aromatic heterocycles. The molecule has 0 saturated carbocycles. The molecule has 0 radical (unpaired) electrons. The molecular formula is C13H17ClN2O. The first-order valence-corrected chi connectivity index (χ1v) is 6.29. The number of hydrogen-bond donors (Lipinski definition) is 1. The molecule has 1 aromatic carbocycles. The average Bonchev–Trinajstić information content (AvgIpc) is 2.40. The van der Waals surface area contributed by atoms with Gasteiger partial charge >= 0.3 is 0 Å². The van der Waals surface area contributed by atoms with Crippen LogP contribution in [-0.2, 0) is 4.79 Å². The Balaban J connectivity index is 2.36. The van der Waals surface area contributed by atoms with Crippen LogP contribution in [0.15, 0.2) is 24.3 Å². The Hall–Kier alpha value is -1.06. The van der Waals surface area contributed by atoms with Crippen molar-refractivity contribution < 1.29 is 4.79 Å². The van der Waals surface area contributed by atoms with Crippen molar-refractivity contribution in [3.05, 3.63) is 29.3 Å². The highest BCUT2D eigenvalue weighted by molar-refractivity contribution is 6.30. The highest BCUT2D eigenvalue weighted by Crippen LogP contribution is 2.24. The smallest absolute Gasteiger partial charge is 0.244 e. The summed E-state index contributed by atoms with van der Waals surface area (Å²) >= 11 is 5.98. The summed E-state index contributed by atoms with van der Waals surface area (Å²) in [5.74, 6) is 0.109. The van der Waals surface area contributed by atoms with Gasteiger partial charge in [-0.3, -0.25) is 4.79 Å². The molecule has 1 N–H and O–H groups in total. The first-order chi connectivity index (χ1) is 8.09. The van der Waals surface area contributed by atoms with Crippen molar-refractivity contribution >= 4 is 23.2 Å². The first kappa shape index (κ1) is 12.4. The van der Waals surface area contributed by atoms with Crippen molar-refractivity contribution in [3.8, 4) is 0 Å². The third-order valence-corrected chi connectivity index (χ3v) is 3.38. The van der Waals surface area contributed by atoms with Crippen molar-refractivity contribution in [2.75, 3.05) is 11.4 Å². The highest BCUT2D eigenvalue weighted by Gasteiger charge is 2.28. The van der Waals surface area contributed by atoms with E-state index in [0.29, 0.717) is 5.02 Å². The lowest BCUT2D eigenvalue weighted by molar-refractivity contribution is -0.120. The van der Waals surface area contributed by atoms with Gasteiger partial charge in [-0.25, -0.2) is 0 Å². The van der Waals surface area contributed by atoms with Gasteiger partial charge < -0.3 is 10.2 Å². The number of halogens is 1. The van der Waals surface area contributed by atoms with E-state index in [1.165, 1.54) is 0 Å². The van der Waals surface area contributed by atoms with E-state index in [2.05, 4.69) is 12.2 Å². The molecule has 0 spiro atoms. The number of nitrogens with one attached hydrogen (secondary N) is 1. The van der Waals surface area contributed by atoms with E-state index in [1.54, 1.807) is 0 Å². The van der Waals surface area contributed by atoms with E-state index in [-0.39, 0.29) is 18.0 Å². The van der Waals surface area contributed by atoms with E-state index >= 15 is 0 Å². The minimum atomic E-state index is -0.140. The van der Waals surface area contributed by atoms with E-state index in [4.69, 9.17) is 11.6 Å². The van der Waals surface area contributed by atoms with Crippen LogP contribution in [0.2, 0.25) is 5.02 Å². The molecule has 2 atom stereocenters. The molecule has 17 heavy (non-hydrogen) atoms. The van der Waals surface area contributed by atoms with Gasteiger partial charge in [0.05, 0.1) is 6.04 Å². The number of carbonyl (C=O) groups is 1. The maximum Gasteiger partial charge on any atom is 0.244 e. The molecule has 2 unspecified atom stereocenters. The third-order valence-electron chi connectivity index (χ3n) is 3.15. The summed E-state index contributed by atoms with van der Waals surface area (Å²) in [6.07, 6.45) is 0.947. The Morgan fingerprint density at radius 3 is 2.88 bits per heavy atom. The van der Waals surface area contributed by atoms with Crippen LogP contribution in [0.1, 0.15) is 20.3 Å². The Bertz CT molecular complexity index is 422. The first-order valence-electron chi connectivity index (χ1n) is 5.91. The van der Waals surface area contributed by atoms with E-state index < -0.39 is 0 Å². The second kappa shape index (κ2) is 5.07. The van der Waals surface area contributed by atoms with Crippen LogP contribution >= 0.6 is 11.6 Å². The molecule has 4 heteroatoms. The fourth-order valence-electron chi connectivity index (χ4n) is 2.16. The molecule has 0 aliphatic carbocycles. The number of nitrogens with zero attached hydrogens (tertiary/aromatic N) is 1.